The van der Waals surface area contributed by atoms with E-state index in [9.17, 15) is 0 Å². The first-order chi connectivity index (χ1) is 8.65. The van der Waals surface area contributed by atoms with Crippen LogP contribution in [0.3, 0.4) is 0 Å². The number of nitrogens with zero attached hydrogens (tertiary/aromatic N) is 3. The van der Waals surface area contributed by atoms with Crippen LogP contribution in [0, 0.1) is 0 Å². The molecule has 0 aromatic carbocycles. The average molecular weight is 268 g/mol. The Balaban J connectivity index is 2.17. The third kappa shape index (κ3) is 2.84. The second-order valence-electron chi connectivity index (χ2n) is 5.13. The van der Waals surface area contributed by atoms with E-state index in [2.05, 4.69) is 30.7 Å². The van der Waals surface area contributed by atoms with Crippen molar-refractivity contribution in [3.05, 3.63) is 10.6 Å². The second kappa shape index (κ2) is 5.99. The molecule has 1 aromatic rings. The molecule has 2 rings (SSSR count). The highest BCUT2D eigenvalue weighted by molar-refractivity contribution is 7.15. The Morgan fingerprint density at radius 3 is 2.83 bits per heavy atom. The minimum Gasteiger partial charge on any atom is -0.343 e. The Morgan fingerprint density at radius 2 is 2.22 bits per heavy atom. The van der Waals surface area contributed by atoms with Crippen LogP contribution in [-0.2, 0) is 13.0 Å². The van der Waals surface area contributed by atoms with E-state index in [1.165, 1.54) is 15.7 Å². The van der Waals surface area contributed by atoms with Crippen molar-refractivity contribution in [3.8, 4) is 0 Å². The number of piperazine rings is 1. The lowest BCUT2D eigenvalue weighted by atomic mass is 10.2. The summed E-state index contributed by atoms with van der Waals surface area (Å²) in [5, 5.41) is 1.17. The van der Waals surface area contributed by atoms with Gasteiger partial charge in [-0.3, -0.25) is 0 Å². The summed E-state index contributed by atoms with van der Waals surface area (Å²) in [6.07, 6.45) is 2.18. The SMILES string of the molecule is CCCc1nc(N2CCN(C)CC2C)sc1CN. The number of rotatable bonds is 4. The molecule has 18 heavy (non-hydrogen) atoms. The number of nitrogens with two attached hydrogens (primary N) is 1. The summed E-state index contributed by atoms with van der Waals surface area (Å²) in [4.78, 5) is 10.9. The first-order valence-corrected chi connectivity index (χ1v) is 7.61. The second-order valence-corrected chi connectivity index (χ2v) is 6.19. The number of hydrogen-bond donors (Lipinski definition) is 1. The van der Waals surface area contributed by atoms with E-state index >= 15 is 0 Å². The van der Waals surface area contributed by atoms with Crippen LogP contribution in [-0.4, -0.2) is 42.6 Å². The van der Waals surface area contributed by atoms with Crippen molar-refractivity contribution < 1.29 is 0 Å². The fourth-order valence-electron chi connectivity index (χ4n) is 2.51. The standard InChI is InChI=1S/C13H24N4S/c1-4-5-11-12(8-14)18-13(15-11)17-7-6-16(3)9-10(17)2/h10H,4-9,14H2,1-3H3. The van der Waals surface area contributed by atoms with Gasteiger partial charge in [0.2, 0.25) is 0 Å². The van der Waals surface area contributed by atoms with Crippen LogP contribution in [0.5, 0.6) is 0 Å². The molecule has 0 saturated carbocycles. The third-order valence-electron chi connectivity index (χ3n) is 3.52. The number of likely N-dealkylation sites (N-methyl/N-ethyl adjacent to an activating group) is 1. The van der Waals surface area contributed by atoms with Gasteiger partial charge in [0.1, 0.15) is 0 Å². The smallest absolute Gasteiger partial charge is 0.186 e. The number of anilines is 1. The van der Waals surface area contributed by atoms with Gasteiger partial charge in [0, 0.05) is 37.1 Å². The summed E-state index contributed by atoms with van der Waals surface area (Å²) in [6.45, 7) is 8.39. The molecule has 1 atom stereocenters. The normalized spacial score (nSPS) is 21.6. The van der Waals surface area contributed by atoms with Crippen molar-refractivity contribution in [2.24, 2.45) is 5.73 Å². The highest BCUT2D eigenvalue weighted by Crippen LogP contribution is 2.29. The zero-order valence-corrected chi connectivity index (χ0v) is 12.5. The Labute approximate surface area is 114 Å². The van der Waals surface area contributed by atoms with Gasteiger partial charge in [0.05, 0.1) is 5.69 Å². The van der Waals surface area contributed by atoms with Crippen LogP contribution in [0.1, 0.15) is 30.8 Å². The molecule has 1 unspecified atom stereocenters. The predicted octanol–water partition coefficient (Wildman–Crippen LogP) is 1.69. The van der Waals surface area contributed by atoms with Gasteiger partial charge in [-0.05, 0) is 20.4 Å². The molecular weight excluding hydrogens is 244 g/mol. The summed E-state index contributed by atoms with van der Waals surface area (Å²) in [5.74, 6) is 0. The van der Waals surface area contributed by atoms with Gasteiger partial charge in [0.15, 0.2) is 5.13 Å². The first kappa shape index (κ1) is 13.8. The average Bonchev–Trinajstić information content (AvgIpc) is 2.72. The van der Waals surface area contributed by atoms with Gasteiger partial charge in [-0.15, -0.1) is 11.3 Å². The molecule has 4 nitrogen and oxygen atoms in total. The van der Waals surface area contributed by atoms with Crippen LogP contribution in [0.15, 0.2) is 0 Å². The lowest BCUT2D eigenvalue weighted by Gasteiger charge is -2.38. The maximum Gasteiger partial charge on any atom is 0.186 e. The molecule has 1 aliphatic rings. The number of aromatic nitrogens is 1. The van der Waals surface area contributed by atoms with Gasteiger partial charge in [0.25, 0.3) is 0 Å². The minimum atomic E-state index is 0.537. The maximum atomic E-state index is 5.82. The molecule has 1 aliphatic heterocycles. The van der Waals surface area contributed by atoms with Gasteiger partial charge in [-0.2, -0.15) is 0 Å². The molecular formula is C13H24N4S. The zero-order valence-electron chi connectivity index (χ0n) is 11.6. The van der Waals surface area contributed by atoms with Gasteiger partial charge >= 0.3 is 0 Å². The minimum absolute atomic E-state index is 0.537. The summed E-state index contributed by atoms with van der Waals surface area (Å²) >= 11 is 1.78. The van der Waals surface area contributed by atoms with E-state index < -0.39 is 0 Å². The monoisotopic (exact) mass is 268 g/mol. The molecule has 5 heteroatoms. The highest BCUT2D eigenvalue weighted by Gasteiger charge is 2.24. The van der Waals surface area contributed by atoms with Crippen LogP contribution in [0.4, 0.5) is 5.13 Å². The summed E-state index contributed by atoms with van der Waals surface area (Å²) in [7, 11) is 2.18. The van der Waals surface area contributed by atoms with Crippen molar-refractivity contribution in [2.45, 2.75) is 39.3 Å². The van der Waals surface area contributed by atoms with Gasteiger partial charge < -0.3 is 15.5 Å². The quantitative estimate of drug-likeness (QED) is 0.903. The molecule has 0 spiro atoms. The topological polar surface area (TPSA) is 45.4 Å². The van der Waals surface area contributed by atoms with E-state index in [1.54, 1.807) is 11.3 Å². The Morgan fingerprint density at radius 1 is 1.44 bits per heavy atom. The van der Waals surface area contributed by atoms with Crippen LogP contribution < -0.4 is 10.6 Å². The molecule has 2 heterocycles. The van der Waals surface area contributed by atoms with Crippen molar-refractivity contribution in [3.63, 3.8) is 0 Å². The fraction of sp³-hybridized carbons (Fsp3) is 0.769. The van der Waals surface area contributed by atoms with E-state index in [-0.39, 0.29) is 0 Å². The van der Waals surface area contributed by atoms with E-state index in [0.29, 0.717) is 12.6 Å². The molecule has 2 N–H and O–H groups in total. The zero-order chi connectivity index (χ0) is 13.1. The molecule has 0 radical (unpaired) electrons. The molecule has 102 valence electrons. The number of thiazole rings is 1. The molecule has 0 aliphatic carbocycles. The van der Waals surface area contributed by atoms with Crippen molar-refractivity contribution in [2.75, 3.05) is 31.6 Å². The van der Waals surface area contributed by atoms with Gasteiger partial charge in [-0.25, -0.2) is 4.98 Å². The summed E-state index contributed by atoms with van der Waals surface area (Å²) < 4.78 is 0. The third-order valence-corrected chi connectivity index (χ3v) is 4.67. The van der Waals surface area contributed by atoms with Crippen LogP contribution in [0.25, 0.3) is 0 Å². The van der Waals surface area contributed by atoms with Gasteiger partial charge in [-0.1, -0.05) is 13.3 Å². The van der Waals surface area contributed by atoms with E-state index in [1.807, 2.05) is 0 Å². The van der Waals surface area contributed by atoms with Crippen LogP contribution >= 0.6 is 11.3 Å². The largest absolute Gasteiger partial charge is 0.343 e. The number of hydrogen-bond acceptors (Lipinski definition) is 5. The number of aryl methyl sites for hydroxylation is 1. The van der Waals surface area contributed by atoms with Crippen molar-refractivity contribution in [1.29, 1.82) is 0 Å². The summed E-state index contributed by atoms with van der Waals surface area (Å²) in [6, 6.07) is 0.537. The summed E-state index contributed by atoms with van der Waals surface area (Å²) in [5.41, 5.74) is 7.04. The lowest BCUT2D eigenvalue weighted by Crippen LogP contribution is -2.50. The Kier molecular flexibility index (Phi) is 4.59. The van der Waals surface area contributed by atoms with Crippen molar-refractivity contribution >= 4 is 16.5 Å². The highest BCUT2D eigenvalue weighted by atomic mass is 32.1. The Hall–Kier alpha value is -0.650. The molecule has 1 aromatic heterocycles. The predicted molar refractivity (Wildman–Crippen MR) is 78.3 cm³/mol. The molecule has 0 amide bonds. The molecule has 1 fully saturated rings. The Bertz CT molecular complexity index is 390. The van der Waals surface area contributed by atoms with Crippen LogP contribution in [0.2, 0.25) is 0 Å². The molecule has 1 saturated heterocycles. The molecule has 0 bridgehead atoms. The van der Waals surface area contributed by atoms with Crippen molar-refractivity contribution in [1.82, 2.24) is 9.88 Å². The fourth-order valence-corrected chi connectivity index (χ4v) is 3.62. The maximum absolute atomic E-state index is 5.82. The van der Waals surface area contributed by atoms with E-state index in [0.717, 1.165) is 32.5 Å². The van der Waals surface area contributed by atoms with E-state index in [4.69, 9.17) is 10.7 Å². The lowest BCUT2D eigenvalue weighted by molar-refractivity contribution is 0.275. The first-order valence-electron chi connectivity index (χ1n) is 6.79.